The van der Waals surface area contributed by atoms with Crippen molar-refractivity contribution in [3.05, 3.63) is 0 Å². The minimum atomic E-state index is 0.210. The number of carbonyl (C=O) groups excluding carboxylic acids is 1. The van der Waals surface area contributed by atoms with E-state index in [4.69, 9.17) is 4.74 Å². The molecule has 0 aromatic carbocycles. The molecule has 0 saturated carbocycles. The average Bonchev–Trinajstić information content (AvgIpc) is 1.97. The van der Waals surface area contributed by atoms with Crippen LogP contribution in [-0.2, 0) is 9.53 Å². The predicted octanol–water partition coefficient (Wildman–Crippen LogP) is 2.03. The van der Waals surface area contributed by atoms with Crippen LogP contribution >= 0.6 is 0 Å². The molecule has 0 N–H and O–H groups in total. The zero-order chi connectivity index (χ0) is 8.69. The summed E-state index contributed by atoms with van der Waals surface area (Å²) in [5, 5.41) is 0. The lowest BCUT2D eigenvalue weighted by Crippen LogP contribution is -2.12. The van der Waals surface area contributed by atoms with E-state index in [2.05, 4.69) is 0 Å². The van der Waals surface area contributed by atoms with Crippen molar-refractivity contribution >= 4 is 5.78 Å². The summed E-state index contributed by atoms with van der Waals surface area (Å²) in [6.45, 7) is 7.12. The van der Waals surface area contributed by atoms with Crippen molar-refractivity contribution < 1.29 is 9.53 Å². The lowest BCUT2D eigenvalue weighted by Gasteiger charge is -2.09. The topological polar surface area (TPSA) is 26.3 Å². The smallest absolute Gasteiger partial charge is 0.132 e. The molecule has 0 rings (SSSR count). The van der Waals surface area contributed by atoms with Gasteiger partial charge in [0.2, 0.25) is 0 Å². The SMILES string of the molecule is CCOCCC(CC)C(C)=O. The van der Waals surface area contributed by atoms with Crippen LogP contribution < -0.4 is 0 Å². The van der Waals surface area contributed by atoms with Crippen LogP contribution in [0.2, 0.25) is 0 Å². The summed E-state index contributed by atoms with van der Waals surface area (Å²) in [6.07, 6.45) is 1.81. The van der Waals surface area contributed by atoms with Crippen LogP contribution in [0.3, 0.4) is 0 Å². The summed E-state index contributed by atoms with van der Waals surface area (Å²) >= 11 is 0. The molecule has 0 bridgehead atoms. The molecule has 0 radical (unpaired) electrons. The lowest BCUT2D eigenvalue weighted by molar-refractivity contribution is -0.121. The summed E-state index contributed by atoms with van der Waals surface area (Å²) in [5.74, 6) is 0.494. The molecular weight excluding hydrogens is 140 g/mol. The number of ketones is 1. The Bertz CT molecular complexity index is 110. The van der Waals surface area contributed by atoms with Gasteiger partial charge in [0, 0.05) is 19.1 Å². The van der Waals surface area contributed by atoms with E-state index in [-0.39, 0.29) is 11.7 Å². The molecule has 0 aromatic heterocycles. The van der Waals surface area contributed by atoms with Crippen molar-refractivity contribution in [2.24, 2.45) is 5.92 Å². The van der Waals surface area contributed by atoms with Gasteiger partial charge in [0.05, 0.1) is 0 Å². The maximum Gasteiger partial charge on any atom is 0.132 e. The van der Waals surface area contributed by atoms with Crippen molar-refractivity contribution in [2.75, 3.05) is 13.2 Å². The number of ether oxygens (including phenoxy) is 1. The second kappa shape index (κ2) is 6.35. The molecule has 0 aliphatic heterocycles. The van der Waals surface area contributed by atoms with E-state index < -0.39 is 0 Å². The van der Waals surface area contributed by atoms with Gasteiger partial charge < -0.3 is 4.74 Å². The van der Waals surface area contributed by atoms with Crippen LogP contribution in [-0.4, -0.2) is 19.0 Å². The molecule has 0 aliphatic rings. The first-order valence-corrected chi connectivity index (χ1v) is 4.30. The number of rotatable bonds is 6. The Morgan fingerprint density at radius 3 is 2.45 bits per heavy atom. The molecule has 0 saturated heterocycles. The molecule has 0 amide bonds. The summed E-state index contributed by atoms with van der Waals surface area (Å²) in [6, 6.07) is 0. The highest BCUT2D eigenvalue weighted by atomic mass is 16.5. The highest BCUT2D eigenvalue weighted by Gasteiger charge is 2.10. The Balaban J connectivity index is 3.44. The van der Waals surface area contributed by atoms with E-state index >= 15 is 0 Å². The summed E-state index contributed by atoms with van der Waals surface area (Å²) in [4.78, 5) is 10.9. The van der Waals surface area contributed by atoms with E-state index in [0.29, 0.717) is 6.61 Å². The Labute approximate surface area is 68.9 Å². The van der Waals surface area contributed by atoms with Crippen LogP contribution in [0.4, 0.5) is 0 Å². The second-order valence-corrected chi connectivity index (χ2v) is 2.70. The highest BCUT2D eigenvalue weighted by Crippen LogP contribution is 2.08. The Hall–Kier alpha value is -0.370. The maximum absolute atomic E-state index is 10.9. The van der Waals surface area contributed by atoms with Gasteiger partial charge in [0.15, 0.2) is 0 Å². The molecule has 1 unspecified atom stereocenters. The third-order valence-electron chi connectivity index (χ3n) is 1.88. The van der Waals surface area contributed by atoms with E-state index in [1.54, 1.807) is 6.92 Å². The largest absolute Gasteiger partial charge is 0.382 e. The maximum atomic E-state index is 10.9. The first kappa shape index (κ1) is 10.6. The first-order valence-electron chi connectivity index (χ1n) is 4.30. The van der Waals surface area contributed by atoms with Crippen LogP contribution in [0, 0.1) is 5.92 Å². The fraction of sp³-hybridized carbons (Fsp3) is 0.889. The molecule has 2 nitrogen and oxygen atoms in total. The van der Waals surface area contributed by atoms with Crippen LogP contribution in [0.5, 0.6) is 0 Å². The van der Waals surface area contributed by atoms with Crippen molar-refractivity contribution in [2.45, 2.75) is 33.6 Å². The molecular formula is C9H18O2. The summed E-state index contributed by atoms with van der Waals surface area (Å²) < 4.78 is 5.16. The highest BCUT2D eigenvalue weighted by molar-refractivity contribution is 5.78. The van der Waals surface area contributed by atoms with Crippen LogP contribution in [0.1, 0.15) is 33.6 Å². The molecule has 0 spiro atoms. The van der Waals surface area contributed by atoms with Gasteiger partial charge in [-0.2, -0.15) is 0 Å². The molecule has 0 heterocycles. The Morgan fingerprint density at radius 1 is 1.45 bits per heavy atom. The zero-order valence-corrected chi connectivity index (χ0v) is 7.72. The fourth-order valence-corrected chi connectivity index (χ4v) is 1.06. The second-order valence-electron chi connectivity index (χ2n) is 2.70. The van der Waals surface area contributed by atoms with Crippen molar-refractivity contribution in [3.8, 4) is 0 Å². The Kier molecular flexibility index (Phi) is 6.13. The van der Waals surface area contributed by atoms with Crippen LogP contribution in [0.15, 0.2) is 0 Å². The van der Waals surface area contributed by atoms with Gasteiger partial charge in [-0.25, -0.2) is 0 Å². The van der Waals surface area contributed by atoms with Crippen molar-refractivity contribution in [1.29, 1.82) is 0 Å². The average molecular weight is 158 g/mol. The normalized spacial score (nSPS) is 13.0. The fourth-order valence-electron chi connectivity index (χ4n) is 1.06. The predicted molar refractivity (Wildman–Crippen MR) is 45.6 cm³/mol. The number of Topliss-reactive ketones (excluding diaryl/α,β-unsaturated/α-hetero) is 1. The van der Waals surface area contributed by atoms with Gasteiger partial charge in [0.1, 0.15) is 5.78 Å². The molecule has 11 heavy (non-hydrogen) atoms. The molecule has 0 fully saturated rings. The lowest BCUT2D eigenvalue weighted by atomic mass is 9.99. The Morgan fingerprint density at radius 2 is 2.09 bits per heavy atom. The van der Waals surface area contributed by atoms with Gasteiger partial charge in [-0.3, -0.25) is 4.79 Å². The minimum absolute atomic E-state index is 0.210. The monoisotopic (exact) mass is 158 g/mol. The standard InChI is InChI=1S/C9H18O2/c1-4-9(8(3)10)6-7-11-5-2/h9H,4-7H2,1-3H3. The minimum Gasteiger partial charge on any atom is -0.382 e. The number of carbonyl (C=O) groups is 1. The molecule has 0 aromatic rings. The van der Waals surface area contributed by atoms with Crippen molar-refractivity contribution in [1.82, 2.24) is 0 Å². The summed E-state index contributed by atoms with van der Waals surface area (Å²) in [7, 11) is 0. The quantitative estimate of drug-likeness (QED) is 0.553. The number of hydrogen-bond donors (Lipinski definition) is 0. The van der Waals surface area contributed by atoms with Crippen LogP contribution in [0.25, 0.3) is 0 Å². The third kappa shape index (κ3) is 4.96. The molecule has 66 valence electrons. The van der Waals surface area contributed by atoms with Gasteiger partial charge in [-0.1, -0.05) is 6.92 Å². The number of hydrogen-bond acceptors (Lipinski definition) is 2. The zero-order valence-electron chi connectivity index (χ0n) is 7.72. The van der Waals surface area contributed by atoms with Gasteiger partial charge >= 0.3 is 0 Å². The van der Waals surface area contributed by atoms with E-state index in [9.17, 15) is 4.79 Å². The van der Waals surface area contributed by atoms with E-state index in [1.165, 1.54) is 0 Å². The third-order valence-corrected chi connectivity index (χ3v) is 1.88. The summed E-state index contributed by atoms with van der Waals surface area (Å²) in [5.41, 5.74) is 0. The van der Waals surface area contributed by atoms with Crippen molar-refractivity contribution in [3.63, 3.8) is 0 Å². The first-order chi connectivity index (χ1) is 5.22. The molecule has 0 aliphatic carbocycles. The van der Waals surface area contributed by atoms with E-state index in [1.807, 2.05) is 13.8 Å². The van der Waals surface area contributed by atoms with E-state index in [0.717, 1.165) is 19.4 Å². The van der Waals surface area contributed by atoms with Gasteiger partial charge in [-0.15, -0.1) is 0 Å². The molecule has 2 heteroatoms. The molecule has 1 atom stereocenters. The van der Waals surface area contributed by atoms with Gasteiger partial charge in [-0.05, 0) is 26.7 Å². The van der Waals surface area contributed by atoms with Gasteiger partial charge in [0.25, 0.3) is 0 Å².